The second kappa shape index (κ2) is 3.85. The van der Waals surface area contributed by atoms with Crippen molar-refractivity contribution in [2.75, 3.05) is 0 Å². The molecule has 0 saturated heterocycles. The van der Waals surface area contributed by atoms with Crippen LogP contribution in [0.2, 0.25) is 0 Å². The van der Waals surface area contributed by atoms with Crippen molar-refractivity contribution in [3.63, 3.8) is 0 Å². The molecule has 0 aromatic heterocycles. The third-order valence-electron chi connectivity index (χ3n) is 1.15. The van der Waals surface area contributed by atoms with Crippen LogP contribution in [0, 0.1) is 5.92 Å². The highest BCUT2D eigenvalue weighted by atomic mass is 16.4. The summed E-state index contributed by atoms with van der Waals surface area (Å²) in [7, 11) is 0. The number of carboxylic acid groups (broad SMARTS) is 1. The number of carboxylic acids is 1. The van der Waals surface area contributed by atoms with Crippen LogP contribution in [0.3, 0.4) is 0 Å². The predicted octanol–water partition coefficient (Wildman–Crippen LogP) is 0.420. The number of aliphatic carboxylic acids is 1. The number of aliphatic hydroxyl groups excluding tert-OH is 1. The minimum absolute atomic E-state index is 0.947. The Kier molecular flexibility index (Phi) is 3.43. The monoisotopic (exact) mass is 142 g/mol. The number of hydrogen-bond donors (Lipinski definition) is 2. The van der Waals surface area contributed by atoms with Crippen LogP contribution in [0.1, 0.15) is 0 Å². The van der Waals surface area contributed by atoms with Crippen molar-refractivity contribution < 1.29 is 15.0 Å². The van der Waals surface area contributed by atoms with Crippen molar-refractivity contribution >= 4 is 5.97 Å². The topological polar surface area (TPSA) is 57.5 Å². The van der Waals surface area contributed by atoms with Crippen LogP contribution < -0.4 is 0 Å². The molecular formula is C7H10O3. The molecule has 2 unspecified atom stereocenters. The summed E-state index contributed by atoms with van der Waals surface area (Å²) < 4.78 is 0. The van der Waals surface area contributed by atoms with Gasteiger partial charge in [0.25, 0.3) is 0 Å². The molecule has 0 bridgehead atoms. The van der Waals surface area contributed by atoms with Gasteiger partial charge in [-0.25, -0.2) is 0 Å². The first-order valence-electron chi connectivity index (χ1n) is 2.79. The van der Waals surface area contributed by atoms with Gasteiger partial charge in [-0.3, -0.25) is 4.79 Å². The van der Waals surface area contributed by atoms with Gasteiger partial charge < -0.3 is 10.2 Å². The molecule has 2 N–H and O–H groups in total. The highest BCUT2D eigenvalue weighted by Gasteiger charge is 2.19. The second-order valence-electron chi connectivity index (χ2n) is 1.83. The fourth-order valence-corrected chi connectivity index (χ4v) is 0.533. The lowest BCUT2D eigenvalue weighted by Gasteiger charge is -2.09. The summed E-state index contributed by atoms with van der Waals surface area (Å²) in [5, 5.41) is 17.3. The van der Waals surface area contributed by atoms with Crippen LogP contribution in [-0.2, 0) is 4.79 Å². The van der Waals surface area contributed by atoms with E-state index in [0.29, 0.717) is 0 Å². The minimum atomic E-state index is -1.10. The molecule has 0 aromatic carbocycles. The maximum absolute atomic E-state index is 10.3. The Labute approximate surface area is 59.3 Å². The second-order valence-corrected chi connectivity index (χ2v) is 1.83. The Bertz CT molecular complexity index is 151. The fourth-order valence-electron chi connectivity index (χ4n) is 0.533. The first kappa shape index (κ1) is 8.91. The van der Waals surface area contributed by atoms with Crippen LogP contribution in [0.15, 0.2) is 25.3 Å². The SMILES string of the molecule is C=CC(O)C(C=C)C(=O)O. The Morgan fingerprint density at radius 1 is 1.40 bits per heavy atom. The quantitative estimate of drug-likeness (QED) is 0.559. The number of aliphatic hydroxyl groups is 1. The Morgan fingerprint density at radius 2 is 1.90 bits per heavy atom. The van der Waals surface area contributed by atoms with Crippen LogP contribution in [0.25, 0.3) is 0 Å². The van der Waals surface area contributed by atoms with E-state index in [0.717, 1.165) is 0 Å². The van der Waals surface area contributed by atoms with Crippen molar-refractivity contribution in [3.8, 4) is 0 Å². The molecule has 0 radical (unpaired) electrons. The smallest absolute Gasteiger partial charge is 0.313 e. The van der Waals surface area contributed by atoms with E-state index in [-0.39, 0.29) is 0 Å². The summed E-state index contributed by atoms with van der Waals surface area (Å²) in [6.45, 7) is 6.51. The van der Waals surface area contributed by atoms with Crippen LogP contribution in [0.4, 0.5) is 0 Å². The minimum Gasteiger partial charge on any atom is -0.481 e. The lowest BCUT2D eigenvalue weighted by molar-refractivity contribution is -0.142. The molecule has 0 aliphatic rings. The first-order chi connectivity index (χ1) is 4.63. The summed E-state index contributed by atoms with van der Waals surface area (Å²) >= 11 is 0. The van der Waals surface area contributed by atoms with Gasteiger partial charge in [0.05, 0.1) is 6.10 Å². The van der Waals surface area contributed by atoms with E-state index in [2.05, 4.69) is 13.2 Å². The first-order valence-corrected chi connectivity index (χ1v) is 2.79. The molecule has 3 nitrogen and oxygen atoms in total. The molecule has 0 fully saturated rings. The Hall–Kier alpha value is -1.09. The van der Waals surface area contributed by atoms with Gasteiger partial charge in [-0.2, -0.15) is 0 Å². The van der Waals surface area contributed by atoms with Gasteiger partial charge in [-0.05, 0) is 0 Å². The van der Waals surface area contributed by atoms with E-state index in [1.807, 2.05) is 0 Å². The standard InChI is InChI=1S/C7H10O3/c1-3-5(7(9)10)6(8)4-2/h3-6,8H,1-2H2,(H,9,10). The van der Waals surface area contributed by atoms with Gasteiger partial charge in [-0.1, -0.05) is 12.2 Å². The third-order valence-corrected chi connectivity index (χ3v) is 1.15. The van der Waals surface area contributed by atoms with Crippen molar-refractivity contribution in [2.45, 2.75) is 6.10 Å². The molecule has 0 spiro atoms. The third kappa shape index (κ3) is 2.03. The van der Waals surface area contributed by atoms with E-state index in [1.54, 1.807) is 0 Å². The molecule has 0 aliphatic carbocycles. The van der Waals surface area contributed by atoms with E-state index < -0.39 is 18.0 Å². The normalized spacial score (nSPS) is 15.3. The molecule has 2 atom stereocenters. The maximum Gasteiger partial charge on any atom is 0.313 e. The van der Waals surface area contributed by atoms with Crippen molar-refractivity contribution in [1.29, 1.82) is 0 Å². The average molecular weight is 142 g/mol. The summed E-state index contributed by atoms with van der Waals surface area (Å²) in [5.41, 5.74) is 0. The predicted molar refractivity (Wildman–Crippen MR) is 37.5 cm³/mol. The largest absolute Gasteiger partial charge is 0.481 e. The molecule has 0 heterocycles. The van der Waals surface area contributed by atoms with Crippen LogP contribution in [0.5, 0.6) is 0 Å². The lowest BCUT2D eigenvalue weighted by atomic mass is 10.0. The van der Waals surface area contributed by atoms with E-state index in [9.17, 15) is 4.79 Å². The molecule has 0 rings (SSSR count). The zero-order valence-corrected chi connectivity index (χ0v) is 5.53. The van der Waals surface area contributed by atoms with Crippen molar-refractivity contribution in [1.82, 2.24) is 0 Å². The lowest BCUT2D eigenvalue weighted by Crippen LogP contribution is -2.23. The Balaban J connectivity index is 4.19. The molecule has 10 heavy (non-hydrogen) atoms. The van der Waals surface area contributed by atoms with Gasteiger partial charge in [0, 0.05) is 0 Å². The Morgan fingerprint density at radius 3 is 2.00 bits per heavy atom. The highest BCUT2D eigenvalue weighted by molar-refractivity contribution is 5.73. The maximum atomic E-state index is 10.3. The molecule has 3 heteroatoms. The zero-order valence-electron chi connectivity index (χ0n) is 5.53. The molecule has 0 amide bonds. The van der Waals surface area contributed by atoms with Crippen LogP contribution >= 0.6 is 0 Å². The van der Waals surface area contributed by atoms with E-state index in [4.69, 9.17) is 10.2 Å². The fraction of sp³-hybridized carbons (Fsp3) is 0.286. The van der Waals surface area contributed by atoms with E-state index in [1.165, 1.54) is 12.2 Å². The molecule has 0 aliphatic heterocycles. The van der Waals surface area contributed by atoms with Gasteiger partial charge in [0.2, 0.25) is 0 Å². The summed E-state index contributed by atoms with van der Waals surface area (Å²) in [6.07, 6.45) is 1.30. The van der Waals surface area contributed by atoms with Crippen molar-refractivity contribution in [3.05, 3.63) is 25.3 Å². The molecule has 56 valence electrons. The van der Waals surface area contributed by atoms with Gasteiger partial charge in [-0.15, -0.1) is 13.2 Å². The van der Waals surface area contributed by atoms with Gasteiger partial charge in [0.15, 0.2) is 0 Å². The number of hydrogen-bond acceptors (Lipinski definition) is 2. The number of rotatable bonds is 4. The van der Waals surface area contributed by atoms with Gasteiger partial charge in [0.1, 0.15) is 5.92 Å². The highest BCUT2D eigenvalue weighted by Crippen LogP contribution is 2.05. The molecule has 0 saturated carbocycles. The van der Waals surface area contributed by atoms with Gasteiger partial charge >= 0.3 is 5.97 Å². The summed E-state index contributed by atoms with van der Waals surface area (Å²) in [5.74, 6) is -2.04. The molecule has 0 aromatic rings. The zero-order chi connectivity index (χ0) is 8.15. The summed E-state index contributed by atoms with van der Waals surface area (Å²) in [4.78, 5) is 10.3. The molecular weight excluding hydrogens is 132 g/mol. The average Bonchev–Trinajstić information content (AvgIpc) is 1.88. The summed E-state index contributed by atoms with van der Waals surface area (Å²) in [6, 6.07) is 0. The van der Waals surface area contributed by atoms with Crippen LogP contribution in [-0.4, -0.2) is 22.3 Å². The van der Waals surface area contributed by atoms with E-state index >= 15 is 0 Å². The number of carbonyl (C=O) groups is 1. The van der Waals surface area contributed by atoms with Crippen molar-refractivity contribution in [2.24, 2.45) is 5.92 Å².